The number of hydrogen-bond acceptors (Lipinski definition) is 9. The van der Waals surface area contributed by atoms with Crippen LogP contribution in [0, 0.1) is 23.2 Å². The maximum Gasteiger partial charge on any atom is 0.573 e. The van der Waals surface area contributed by atoms with Gasteiger partial charge in [0.25, 0.3) is 0 Å². The first-order valence-corrected chi connectivity index (χ1v) is 16.3. The van der Waals surface area contributed by atoms with E-state index >= 15 is 0 Å². The third-order valence-corrected chi connectivity index (χ3v) is 8.69. The molecule has 3 N–H and O–H groups in total. The average molecular weight is 661 g/mol. The van der Waals surface area contributed by atoms with Gasteiger partial charge < -0.3 is 35.1 Å². The first-order valence-electron chi connectivity index (χ1n) is 16.3. The zero-order valence-electron chi connectivity index (χ0n) is 27.9. The summed E-state index contributed by atoms with van der Waals surface area (Å²) in [5, 5.41) is 19.5. The highest BCUT2D eigenvalue weighted by Crippen LogP contribution is 2.43. The Morgan fingerprint density at radius 3 is 2.62 bits per heavy atom. The fourth-order valence-electron chi connectivity index (χ4n) is 6.27. The number of nitriles is 1. The molecule has 10 nitrogen and oxygen atoms in total. The molecule has 0 aliphatic carbocycles. The molecule has 2 heterocycles. The van der Waals surface area contributed by atoms with Crippen LogP contribution in [-0.2, 0) is 4.79 Å². The summed E-state index contributed by atoms with van der Waals surface area (Å²) in [4.78, 5) is 17.1. The summed E-state index contributed by atoms with van der Waals surface area (Å²) in [6, 6.07) is 9.63. The number of fused-ring (bicyclic) bond motifs is 1. The molecule has 4 rings (SSSR count). The van der Waals surface area contributed by atoms with Crippen molar-refractivity contribution in [3.8, 4) is 23.3 Å². The minimum Gasteiger partial charge on any atom is -0.492 e. The summed E-state index contributed by atoms with van der Waals surface area (Å²) in [6.07, 6.45) is -1.83. The number of alkyl halides is 3. The van der Waals surface area contributed by atoms with Gasteiger partial charge in [-0.25, -0.2) is 0 Å². The number of likely N-dealkylation sites (N-methyl/N-ethyl adjacent to an activating group) is 1. The minimum absolute atomic E-state index is 0.00938. The lowest BCUT2D eigenvalue weighted by Crippen LogP contribution is -2.47. The van der Waals surface area contributed by atoms with Crippen LogP contribution in [0.5, 0.6) is 17.2 Å². The van der Waals surface area contributed by atoms with Crippen molar-refractivity contribution in [2.45, 2.75) is 64.9 Å². The zero-order chi connectivity index (χ0) is 34.1. The van der Waals surface area contributed by atoms with E-state index in [4.69, 9.17) is 9.47 Å². The molecule has 2 aromatic carbocycles. The van der Waals surface area contributed by atoms with Gasteiger partial charge in [-0.3, -0.25) is 9.69 Å². The van der Waals surface area contributed by atoms with Crippen LogP contribution in [-0.4, -0.2) is 81.6 Å². The van der Waals surface area contributed by atoms with Gasteiger partial charge in [0.2, 0.25) is 5.91 Å². The predicted molar refractivity (Wildman–Crippen MR) is 176 cm³/mol. The summed E-state index contributed by atoms with van der Waals surface area (Å²) >= 11 is 0. The van der Waals surface area contributed by atoms with Crippen molar-refractivity contribution >= 4 is 23.0 Å². The summed E-state index contributed by atoms with van der Waals surface area (Å²) in [7, 11) is 3.88. The SMILES string of the molecule is CCOc1cc2c(cc1NC(=O)CCCN(C)C)C(Nc1ccc(OCC3C(C)CCCN3CC)c(OC(F)(F)F)c1)C(C#N)CN2. The number of anilines is 3. The van der Waals surface area contributed by atoms with Crippen molar-refractivity contribution in [1.29, 1.82) is 5.26 Å². The number of hydrogen-bond donors (Lipinski definition) is 3. The highest BCUT2D eigenvalue weighted by Gasteiger charge is 2.35. The zero-order valence-corrected chi connectivity index (χ0v) is 27.9. The van der Waals surface area contributed by atoms with E-state index in [0.717, 1.165) is 32.5 Å². The van der Waals surface area contributed by atoms with Gasteiger partial charge in [0.1, 0.15) is 12.4 Å². The number of benzene rings is 2. The molecule has 0 spiro atoms. The minimum atomic E-state index is -4.93. The number of likely N-dealkylation sites (tertiary alicyclic amines) is 1. The second kappa shape index (κ2) is 16.3. The van der Waals surface area contributed by atoms with E-state index < -0.39 is 24.1 Å². The Morgan fingerprint density at radius 2 is 1.94 bits per heavy atom. The number of nitrogens with zero attached hydrogens (tertiary/aromatic N) is 3. The first kappa shape index (κ1) is 36.0. The number of amides is 1. The predicted octanol–water partition coefficient (Wildman–Crippen LogP) is 6.48. The van der Waals surface area contributed by atoms with Crippen LogP contribution in [0.2, 0.25) is 0 Å². The van der Waals surface area contributed by atoms with E-state index in [2.05, 4.69) is 45.5 Å². The van der Waals surface area contributed by atoms with Crippen molar-refractivity contribution in [3.63, 3.8) is 0 Å². The molecule has 2 aliphatic heterocycles. The van der Waals surface area contributed by atoms with Crippen LogP contribution in [0.1, 0.15) is 58.1 Å². The fourth-order valence-corrected chi connectivity index (χ4v) is 6.27. The van der Waals surface area contributed by atoms with Gasteiger partial charge in [0.05, 0.1) is 30.3 Å². The smallest absolute Gasteiger partial charge is 0.492 e. The molecule has 0 saturated carbocycles. The number of ether oxygens (including phenoxy) is 3. The normalized spacial score (nSPS) is 21.3. The van der Waals surface area contributed by atoms with E-state index in [9.17, 15) is 23.2 Å². The van der Waals surface area contributed by atoms with Crippen LogP contribution in [0.15, 0.2) is 30.3 Å². The van der Waals surface area contributed by atoms with Crippen molar-refractivity contribution < 1.29 is 32.2 Å². The molecular formula is C34H47F3N6O4. The lowest BCUT2D eigenvalue weighted by Gasteiger charge is -2.39. The maximum absolute atomic E-state index is 13.6. The Morgan fingerprint density at radius 1 is 1.15 bits per heavy atom. The molecule has 4 unspecified atom stereocenters. The Balaban J connectivity index is 1.61. The quantitative estimate of drug-likeness (QED) is 0.210. The van der Waals surface area contributed by atoms with Crippen molar-refractivity contribution in [2.24, 2.45) is 11.8 Å². The maximum atomic E-state index is 13.6. The molecule has 13 heteroatoms. The Labute approximate surface area is 275 Å². The van der Waals surface area contributed by atoms with E-state index in [1.807, 2.05) is 25.9 Å². The lowest BCUT2D eigenvalue weighted by molar-refractivity contribution is -0.275. The lowest BCUT2D eigenvalue weighted by atomic mass is 9.88. The molecule has 1 fully saturated rings. The third kappa shape index (κ3) is 9.81. The van der Waals surface area contributed by atoms with Crippen LogP contribution in [0.25, 0.3) is 0 Å². The number of piperidine rings is 1. The van der Waals surface area contributed by atoms with Gasteiger partial charge in [-0.2, -0.15) is 5.26 Å². The summed E-state index contributed by atoms with van der Waals surface area (Å²) in [5.74, 6) is -0.411. The third-order valence-electron chi connectivity index (χ3n) is 8.69. The second-order valence-electron chi connectivity index (χ2n) is 12.4. The van der Waals surface area contributed by atoms with Crippen LogP contribution < -0.4 is 30.2 Å². The van der Waals surface area contributed by atoms with Crippen molar-refractivity contribution in [2.75, 3.05) is 69.4 Å². The molecule has 258 valence electrons. The van der Waals surface area contributed by atoms with Gasteiger partial charge in [-0.05, 0) is 84.0 Å². The molecule has 47 heavy (non-hydrogen) atoms. The number of halogens is 3. The average Bonchev–Trinajstić information content (AvgIpc) is 3.01. The van der Waals surface area contributed by atoms with Gasteiger partial charge in [-0.15, -0.1) is 13.2 Å². The van der Waals surface area contributed by atoms with E-state index in [1.54, 1.807) is 18.2 Å². The monoisotopic (exact) mass is 660 g/mol. The molecule has 2 aromatic rings. The van der Waals surface area contributed by atoms with Gasteiger partial charge in [0.15, 0.2) is 11.5 Å². The van der Waals surface area contributed by atoms with Gasteiger partial charge in [-0.1, -0.05) is 13.8 Å². The molecule has 4 atom stereocenters. The van der Waals surface area contributed by atoms with E-state index in [-0.39, 0.29) is 24.3 Å². The number of rotatable bonds is 14. The topological polar surface area (TPSA) is 111 Å². The number of carbonyl (C=O) groups excluding carboxylic acids is 1. The van der Waals surface area contributed by atoms with E-state index in [0.29, 0.717) is 60.3 Å². The van der Waals surface area contributed by atoms with Crippen LogP contribution >= 0.6 is 0 Å². The van der Waals surface area contributed by atoms with Gasteiger partial charge >= 0.3 is 6.36 Å². The standard InChI is InChI=1S/C34H47F3N6O4/c1-6-43-15-8-10-22(3)28(43)21-46-29-13-12-24(16-31(29)47-34(35,36)37)40-33-23(19-38)20-39-26-18-30(45-7-2)27(17-25(26)33)41-32(44)11-9-14-42(4)5/h12-13,16-18,22-23,28,33,39-40H,6-11,14-15,20-21H2,1-5H3,(H,41,44). The van der Waals surface area contributed by atoms with E-state index in [1.165, 1.54) is 12.1 Å². The number of nitrogens with one attached hydrogen (secondary N) is 3. The van der Waals surface area contributed by atoms with Crippen molar-refractivity contribution in [3.05, 3.63) is 35.9 Å². The fraction of sp³-hybridized carbons (Fsp3) is 0.588. The van der Waals surface area contributed by atoms with Crippen LogP contribution in [0.4, 0.5) is 30.2 Å². The Bertz CT molecular complexity index is 1400. The largest absolute Gasteiger partial charge is 0.573 e. The second-order valence-corrected chi connectivity index (χ2v) is 12.4. The Kier molecular flexibility index (Phi) is 12.5. The van der Waals surface area contributed by atoms with Gasteiger partial charge in [0, 0.05) is 48.1 Å². The summed E-state index contributed by atoms with van der Waals surface area (Å²) < 4.78 is 56.9. The molecular weight excluding hydrogens is 613 g/mol. The summed E-state index contributed by atoms with van der Waals surface area (Å²) in [6.45, 7) is 9.47. The molecule has 1 amide bonds. The molecule has 1 saturated heterocycles. The highest BCUT2D eigenvalue weighted by atomic mass is 19.4. The first-order chi connectivity index (χ1) is 22.4. The summed E-state index contributed by atoms with van der Waals surface area (Å²) in [5.41, 5.74) is 2.13. The van der Waals surface area contributed by atoms with Crippen molar-refractivity contribution in [1.82, 2.24) is 9.80 Å². The highest BCUT2D eigenvalue weighted by molar-refractivity contribution is 5.93. The molecule has 2 aliphatic rings. The molecule has 0 radical (unpaired) electrons. The van der Waals surface area contributed by atoms with Crippen LogP contribution in [0.3, 0.4) is 0 Å². The Hall–Kier alpha value is -3.89. The number of carbonyl (C=O) groups is 1. The molecule has 0 aromatic heterocycles. The molecule has 0 bridgehead atoms.